The highest BCUT2D eigenvalue weighted by Gasteiger charge is 2.13. The molecule has 4 aromatic rings. The summed E-state index contributed by atoms with van der Waals surface area (Å²) in [5, 5.41) is 8.58. The van der Waals surface area contributed by atoms with Crippen LogP contribution in [-0.4, -0.2) is 29.5 Å². The standard InChI is InChI=1S/C13H7ClN6/c14-11-6-15-7-12-18-19-13(20(11)12)10-5-16-8-3-1-2-4-9(8)17-10/h1-7H. The Balaban J connectivity index is 2.01. The van der Waals surface area contributed by atoms with E-state index in [2.05, 4.69) is 25.1 Å². The number of fused-ring (bicyclic) bond motifs is 2. The van der Waals surface area contributed by atoms with Gasteiger partial charge in [0.05, 0.1) is 29.6 Å². The van der Waals surface area contributed by atoms with Crippen LogP contribution in [-0.2, 0) is 0 Å². The number of benzene rings is 1. The van der Waals surface area contributed by atoms with E-state index in [1.807, 2.05) is 24.3 Å². The third-order valence-electron chi connectivity index (χ3n) is 2.95. The van der Waals surface area contributed by atoms with Crippen LogP contribution in [0.2, 0.25) is 5.15 Å². The van der Waals surface area contributed by atoms with Crippen LogP contribution in [0.3, 0.4) is 0 Å². The highest BCUT2D eigenvalue weighted by Crippen LogP contribution is 2.21. The maximum Gasteiger partial charge on any atom is 0.189 e. The predicted octanol–water partition coefficient (Wildman–Crippen LogP) is 2.39. The summed E-state index contributed by atoms with van der Waals surface area (Å²) in [6, 6.07) is 7.65. The van der Waals surface area contributed by atoms with Gasteiger partial charge in [-0.3, -0.25) is 14.4 Å². The lowest BCUT2D eigenvalue weighted by atomic mass is 10.3. The fourth-order valence-corrected chi connectivity index (χ4v) is 2.27. The van der Waals surface area contributed by atoms with Crippen LogP contribution in [0, 0.1) is 0 Å². The van der Waals surface area contributed by atoms with Crippen LogP contribution in [0.1, 0.15) is 0 Å². The van der Waals surface area contributed by atoms with E-state index in [4.69, 9.17) is 11.6 Å². The number of halogens is 1. The molecule has 0 atom stereocenters. The van der Waals surface area contributed by atoms with Gasteiger partial charge < -0.3 is 0 Å². The minimum absolute atomic E-state index is 0.428. The van der Waals surface area contributed by atoms with Crippen LogP contribution in [0.5, 0.6) is 0 Å². The molecule has 0 N–H and O–H groups in total. The number of aromatic nitrogens is 6. The summed E-state index contributed by atoms with van der Waals surface area (Å²) in [5.74, 6) is 0.547. The molecule has 0 bridgehead atoms. The van der Waals surface area contributed by atoms with E-state index >= 15 is 0 Å². The van der Waals surface area contributed by atoms with Crippen LogP contribution in [0.25, 0.3) is 28.2 Å². The Morgan fingerprint density at radius 1 is 0.950 bits per heavy atom. The van der Waals surface area contributed by atoms with Gasteiger partial charge in [0.15, 0.2) is 11.5 Å². The van der Waals surface area contributed by atoms with E-state index < -0.39 is 0 Å². The average Bonchev–Trinajstić information content (AvgIpc) is 2.92. The molecule has 1 aromatic carbocycles. The SMILES string of the molecule is Clc1cncc2nnc(-c3cnc4ccccc4n3)n12. The maximum atomic E-state index is 6.14. The summed E-state index contributed by atoms with van der Waals surface area (Å²) in [4.78, 5) is 12.9. The molecule has 96 valence electrons. The first-order valence-electron chi connectivity index (χ1n) is 5.90. The summed E-state index contributed by atoms with van der Waals surface area (Å²) >= 11 is 6.14. The summed E-state index contributed by atoms with van der Waals surface area (Å²) in [6.07, 6.45) is 4.79. The highest BCUT2D eigenvalue weighted by atomic mass is 35.5. The zero-order valence-electron chi connectivity index (χ0n) is 10.1. The Labute approximate surface area is 118 Å². The van der Waals surface area contributed by atoms with Gasteiger partial charge in [0.2, 0.25) is 0 Å². The smallest absolute Gasteiger partial charge is 0.189 e. The van der Waals surface area contributed by atoms with Gasteiger partial charge in [-0.2, -0.15) is 0 Å². The molecule has 0 aliphatic rings. The Bertz CT molecular complexity index is 932. The van der Waals surface area contributed by atoms with Crippen molar-refractivity contribution in [3.63, 3.8) is 0 Å². The van der Waals surface area contributed by atoms with Crippen molar-refractivity contribution < 1.29 is 0 Å². The quantitative estimate of drug-likeness (QED) is 0.536. The van der Waals surface area contributed by atoms with Crippen molar-refractivity contribution in [2.45, 2.75) is 0 Å². The van der Waals surface area contributed by atoms with Crippen molar-refractivity contribution >= 4 is 28.3 Å². The van der Waals surface area contributed by atoms with Gasteiger partial charge in [0.25, 0.3) is 0 Å². The van der Waals surface area contributed by atoms with Crippen molar-refractivity contribution in [3.05, 3.63) is 48.0 Å². The normalized spacial score (nSPS) is 11.2. The highest BCUT2D eigenvalue weighted by molar-refractivity contribution is 6.29. The van der Waals surface area contributed by atoms with Crippen LogP contribution < -0.4 is 0 Å². The third kappa shape index (κ3) is 1.62. The van der Waals surface area contributed by atoms with Gasteiger partial charge in [-0.25, -0.2) is 4.98 Å². The maximum absolute atomic E-state index is 6.14. The van der Waals surface area contributed by atoms with Crippen molar-refractivity contribution in [2.75, 3.05) is 0 Å². The molecule has 0 unspecified atom stereocenters. The largest absolute Gasteiger partial charge is 0.261 e. The second-order valence-electron chi connectivity index (χ2n) is 4.19. The Morgan fingerprint density at radius 2 is 1.80 bits per heavy atom. The number of nitrogens with zero attached hydrogens (tertiary/aromatic N) is 6. The first kappa shape index (κ1) is 11.2. The van der Waals surface area contributed by atoms with Gasteiger partial charge in [-0.1, -0.05) is 23.7 Å². The molecule has 6 nitrogen and oxygen atoms in total. The Kier molecular flexibility index (Phi) is 2.37. The van der Waals surface area contributed by atoms with E-state index in [9.17, 15) is 0 Å². The molecule has 0 saturated carbocycles. The minimum Gasteiger partial charge on any atom is -0.261 e. The van der Waals surface area contributed by atoms with Crippen molar-refractivity contribution in [3.8, 4) is 11.5 Å². The first-order valence-corrected chi connectivity index (χ1v) is 6.27. The number of hydrogen-bond donors (Lipinski definition) is 0. The molecule has 0 aliphatic heterocycles. The van der Waals surface area contributed by atoms with Gasteiger partial charge in [0.1, 0.15) is 10.8 Å². The van der Waals surface area contributed by atoms with Crippen molar-refractivity contribution in [1.82, 2.24) is 29.5 Å². The van der Waals surface area contributed by atoms with Gasteiger partial charge >= 0.3 is 0 Å². The summed E-state index contributed by atoms with van der Waals surface area (Å²) in [7, 11) is 0. The average molecular weight is 283 g/mol. The van der Waals surface area contributed by atoms with Crippen molar-refractivity contribution in [1.29, 1.82) is 0 Å². The van der Waals surface area contributed by atoms with Crippen LogP contribution in [0.15, 0.2) is 42.9 Å². The lowest BCUT2D eigenvalue weighted by Gasteiger charge is -2.02. The molecule has 3 heterocycles. The summed E-state index contributed by atoms with van der Waals surface area (Å²) < 4.78 is 1.69. The molecule has 7 heteroatoms. The van der Waals surface area contributed by atoms with E-state index in [0.717, 1.165) is 11.0 Å². The van der Waals surface area contributed by atoms with Crippen molar-refractivity contribution in [2.24, 2.45) is 0 Å². The second kappa shape index (κ2) is 4.21. The van der Waals surface area contributed by atoms with Crippen LogP contribution >= 0.6 is 11.6 Å². The van der Waals surface area contributed by atoms with Gasteiger partial charge in [0, 0.05) is 0 Å². The molecule has 0 fully saturated rings. The zero-order valence-corrected chi connectivity index (χ0v) is 10.9. The lowest BCUT2D eigenvalue weighted by molar-refractivity contribution is 1.08. The summed E-state index contributed by atoms with van der Waals surface area (Å²) in [5.41, 5.74) is 2.82. The van der Waals surface area contributed by atoms with E-state index in [1.165, 1.54) is 6.20 Å². The fourth-order valence-electron chi connectivity index (χ4n) is 2.04. The molecule has 0 aliphatic carbocycles. The Morgan fingerprint density at radius 3 is 2.70 bits per heavy atom. The molecule has 3 aromatic heterocycles. The monoisotopic (exact) mass is 282 g/mol. The number of hydrogen-bond acceptors (Lipinski definition) is 5. The predicted molar refractivity (Wildman–Crippen MR) is 74.3 cm³/mol. The Hall–Kier alpha value is -2.60. The summed E-state index contributed by atoms with van der Waals surface area (Å²) in [6.45, 7) is 0. The molecule has 0 spiro atoms. The molecular weight excluding hydrogens is 276 g/mol. The molecule has 0 radical (unpaired) electrons. The van der Waals surface area contributed by atoms with E-state index in [-0.39, 0.29) is 0 Å². The zero-order chi connectivity index (χ0) is 13.5. The van der Waals surface area contributed by atoms with E-state index in [1.54, 1.807) is 16.8 Å². The molecule has 4 rings (SSSR count). The first-order chi connectivity index (χ1) is 9.83. The van der Waals surface area contributed by atoms with Gasteiger partial charge in [-0.05, 0) is 12.1 Å². The second-order valence-corrected chi connectivity index (χ2v) is 4.58. The third-order valence-corrected chi connectivity index (χ3v) is 3.22. The molecule has 0 amide bonds. The molecular formula is C13H7ClN6. The molecule has 0 saturated heterocycles. The minimum atomic E-state index is 0.428. The fraction of sp³-hybridized carbons (Fsp3) is 0. The molecule has 20 heavy (non-hydrogen) atoms. The van der Waals surface area contributed by atoms with Crippen LogP contribution in [0.4, 0.5) is 0 Å². The van der Waals surface area contributed by atoms with E-state index in [0.29, 0.717) is 22.3 Å². The number of para-hydroxylation sites is 2. The van der Waals surface area contributed by atoms with Gasteiger partial charge in [-0.15, -0.1) is 10.2 Å². The topological polar surface area (TPSA) is 68.9 Å². The lowest BCUT2D eigenvalue weighted by Crippen LogP contribution is -1.95. The number of rotatable bonds is 1.